The van der Waals surface area contributed by atoms with Gasteiger partial charge in [-0.25, -0.2) is 8.78 Å². The van der Waals surface area contributed by atoms with E-state index in [2.05, 4.69) is 4.90 Å². The van der Waals surface area contributed by atoms with Crippen molar-refractivity contribution >= 4 is 5.91 Å². The highest BCUT2D eigenvalue weighted by Gasteiger charge is 2.23. The Hall–Kier alpha value is -2.47. The first-order valence-corrected chi connectivity index (χ1v) is 8.66. The fraction of sp³-hybridized carbons (Fsp3) is 0.350. The summed E-state index contributed by atoms with van der Waals surface area (Å²) >= 11 is 0. The zero-order valence-corrected chi connectivity index (χ0v) is 14.8. The standard InChI is InChI=1S/C20H22F2N2O2/c1-26-19-8-7-17(22)13-18(19)20(25)24-10-2-9-23(11-12-24)14-15-3-5-16(21)6-4-15/h3-8,13H,2,9-12,14H2,1H3. The lowest BCUT2D eigenvalue weighted by molar-refractivity contribution is 0.0757. The monoisotopic (exact) mass is 360 g/mol. The van der Waals surface area contributed by atoms with Crippen molar-refractivity contribution in [2.24, 2.45) is 0 Å². The molecule has 0 unspecified atom stereocenters. The molecule has 1 saturated heterocycles. The molecule has 1 fully saturated rings. The smallest absolute Gasteiger partial charge is 0.257 e. The maximum atomic E-state index is 13.6. The molecule has 1 heterocycles. The number of carbonyl (C=O) groups excluding carboxylic acids is 1. The van der Waals surface area contributed by atoms with Gasteiger partial charge in [-0.1, -0.05) is 12.1 Å². The van der Waals surface area contributed by atoms with Gasteiger partial charge in [0.05, 0.1) is 12.7 Å². The Kier molecular flexibility index (Phi) is 5.83. The van der Waals surface area contributed by atoms with Crippen molar-refractivity contribution < 1.29 is 18.3 Å². The molecule has 0 spiro atoms. The predicted octanol–water partition coefficient (Wildman–Crippen LogP) is 3.32. The van der Waals surface area contributed by atoms with Crippen LogP contribution in [-0.4, -0.2) is 49.0 Å². The number of hydrogen-bond donors (Lipinski definition) is 0. The third-order valence-corrected chi connectivity index (χ3v) is 4.59. The molecule has 4 nitrogen and oxygen atoms in total. The predicted molar refractivity (Wildman–Crippen MR) is 95.1 cm³/mol. The molecule has 0 saturated carbocycles. The number of carbonyl (C=O) groups is 1. The van der Waals surface area contributed by atoms with E-state index in [4.69, 9.17) is 4.74 Å². The van der Waals surface area contributed by atoms with E-state index in [1.165, 1.54) is 37.4 Å². The van der Waals surface area contributed by atoms with Crippen LogP contribution in [0.2, 0.25) is 0 Å². The van der Waals surface area contributed by atoms with Crippen LogP contribution in [0.3, 0.4) is 0 Å². The molecule has 1 aliphatic heterocycles. The minimum Gasteiger partial charge on any atom is -0.496 e. The number of hydrogen-bond acceptors (Lipinski definition) is 3. The summed E-state index contributed by atoms with van der Waals surface area (Å²) in [6.45, 7) is 3.44. The first kappa shape index (κ1) is 18.3. The molecule has 26 heavy (non-hydrogen) atoms. The quantitative estimate of drug-likeness (QED) is 0.839. The van der Waals surface area contributed by atoms with Gasteiger partial charge in [0.1, 0.15) is 17.4 Å². The lowest BCUT2D eigenvalue weighted by Gasteiger charge is -2.23. The van der Waals surface area contributed by atoms with E-state index in [0.29, 0.717) is 31.9 Å². The molecule has 0 N–H and O–H groups in total. The zero-order chi connectivity index (χ0) is 18.5. The molecule has 0 radical (unpaired) electrons. The van der Waals surface area contributed by atoms with Crippen LogP contribution in [0.5, 0.6) is 5.75 Å². The molecule has 138 valence electrons. The molecule has 0 aliphatic carbocycles. The maximum absolute atomic E-state index is 13.6. The van der Waals surface area contributed by atoms with Crippen LogP contribution in [0.25, 0.3) is 0 Å². The van der Waals surface area contributed by atoms with Crippen LogP contribution in [0, 0.1) is 11.6 Å². The molecule has 0 aromatic heterocycles. The number of ether oxygens (including phenoxy) is 1. The minimum atomic E-state index is -0.457. The van der Waals surface area contributed by atoms with E-state index in [1.54, 1.807) is 17.0 Å². The molecule has 0 atom stereocenters. The number of nitrogens with zero attached hydrogens (tertiary/aromatic N) is 2. The topological polar surface area (TPSA) is 32.8 Å². The number of halogens is 2. The maximum Gasteiger partial charge on any atom is 0.257 e. The van der Waals surface area contributed by atoms with Gasteiger partial charge < -0.3 is 9.64 Å². The fourth-order valence-electron chi connectivity index (χ4n) is 3.20. The molecule has 1 amide bonds. The van der Waals surface area contributed by atoms with Crippen LogP contribution in [0.1, 0.15) is 22.3 Å². The summed E-state index contributed by atoms with van der Waals surface area (Å²) < 4.78 is 31.8. The molecule has 1 aliphatic rings. The second-order valence-electron chi connectivity index (χ2n) is 6.39. The van der Waals surface area contributed by atoms with Gasteiger partial charge in [0.15, 0.2) is 0 Å². The van der Waals surface area contributed by atoms with Gasteiger partial charge in [-0.15, -0.1) is 0 Å². The average Bonchev–Trinajstić information content (AvgIpc) is 2.88. The summed E-state index contributed by atoms with van der Waals surface area (Å²) in [4.78, 5) is 16.8. The lowest BCUT2D eigenvalue weighted by atomic mass is 10.1. The van der Waals surface area contributed by atoms with Crippen LogP contribution >= 0.6 is 0 Å². The van der Waals surface area contributed by atoms with E-state index < -0.39 is 5.82 Å². The number of amides is 1. The average molecular weight is 360 g/mol. The Morgan fingerprint density at radius 1 is 1.00 bits per heavy atom. The van der Waals surface area contributed by atoms with Crippen LogP contribution in [0.4, 0.5) is 8.78 Å². The molecular weight excluding hydrogens is 338 g/mol. The zero-order valence-electron chi connectivity index (χ0n) is 14.8. The summed E-state index contributed by atoms with van der Waals surface area (Å²) in [6, 6.07) is 10.5. The van der Waals surface area contributed by atoms with Gasteiger partial charge >= 0.3 is 0 Å². The third kappa shape index (κ3) is 4.38. The molecule has 0 bridgehead atoms. The summed E-state index contributed by atoms with van der Waals surface area (Å²) in [5, 5.41) is 0. The van der Waals surface area contributed by atoms with Crippen molar-refractivity contribution in [2.75, 3.05) is 33.3 Å². The Morgan fingerprint density at radius 2 is 1.73 bits per heavy atom. The van der Waals surface area contributed by atoms with E-state index in [9.17, 15) is 13.6 Å². The molecule has 6 heteroatoms. The SMILES string of the molecule is COc1ccc(F)cc1C(=O)N1CCCN(Cc2ccc(F)cc2)CC1. The fourth-order valence-corrected chi connectivity index (χ4v) is 3.20. The van der Waals surface area contributed by atoms with Gasteiger partial charge in [-0.3, -0.25) is 9.69 Å². The van der Waals surface area contributed by atoms with E-state index in [1.807, 2.05) is 0 Å². The van der Waals surface area contributed by atoms with Gasteiger partial charge in [0.25, 0.3) is 5.91 Å². The number of rotatable bonds is 4. The number of methoxy groups -OCH3 is 1. The number of benzene rings is 2. The van der Waals surface area contributed by atoms with E-state index in [-0.39, 0.29) is 17.3 Å². The summed E-state index contributed by atoms with van der Waals surface area (Å²) in [5.74, 6) is -0.541. The molecule has 3 rings (SSSR count). The van der Waals surface area contributed by atoms with Crippen molar-refractivity contribution in [3.63, 3.8) is 0 Å². The van der Waals surface area contributed by atoms with Crippen molar-refractivity contribution in [2.45, 2.75) is 13.0 Å². The van der Waals surface area contributed by atoms with Gasteiger partial charge in [0, 0.05) is 32.7 Å². The highest BCUT2D eigenvalue weighted by atomic mass is 19.1. The third-order valence-electron chi connectivity index (χ3n) is 4.59. The Bertz CT molecular complexity index is 765. The van der Waals surface area contributed by atoms with Crippen molar-refractivity contribution in [3.8, 4) is 5.75 Å². The van der Waals surface area contributed by atoms with Crippen molar-refractivity contribution in [3.05, 3.63) is 65.2 Å². The van der Waals surface area contributed by atoms with Gasteiger partial charge in [-0.05, 0) is 42.3 Å². The summed E-state index contributed by atoms with van der Waals surface area (Å²) in [5.41, 5.74) is 1.29. The minimum absolute atomic E-state index is 0.218. The van der Waals surface area contributed by atoms with E-state index >= 15 is 0 Å². The Balaban J connectivity index is 1.65. The first-order valence-electron chi connectivity index (χ1n) is 8.66. The summed E-state index contributed by atoms with van der Waals surface area (Å²) in [7, 11) is 1.47. The highest BCUT2D eigenvalue weighted by Crippen LogP contribution is 2.22. The van der Waals surface area contributed by atoms with Gasteiger partial charge in [-0.2, -0.15) is 0 Å². The van der Waals surface area contributed by atoms with Crippen molar-refractivity contribution in [1.29, 1.82) is 0 Å². The lowest BCUT2D eigenvalue weighted by Crippen LogP contribution is -2.35. The molecular formula is C20H22F2N2O2. The Morgan fingerprint density at radius 3 is 2.46 bits per heavy atom. The van der Waals surface area contributed by atoms with Crippen molar-refractivity contribution in [1.82, 2.24) is 9.80 Å². The molecule has 2 aromatic carbocycles. The Labute approximate surface area is 152 Å². The normalized spacial score (nSPS) is 15.6. The second-order valence-corrected chi connectivity index (χ2v) is 6.39. The van der Waals surface area contributed by atoms with Gasteiger partial charge in [0.2, 0.25) is 0 Å². The molecule has 2 aromatic rings. The summed E-state index contributed by atoms with van der Waals surface area (Å²) in [6.07, 6.45) is 0.824. The highest BCUT2D eigenvalue weighted by molar-refractivity contribution is 5.97. The second kappa shape index (κ2) is 8.27. The van der Waals surface area contributed by atoms with Crippen LogP contribution < -0.4 is 4.74 Å². The van der Waals surface area contributed by atoms with Crippen LogP contribution in [0.15, 0.2) is 42.5 Å². The largest absolute Gasteiger partial charge is 0.496 e. The first-order chi connectivity index (χ1) is 12.6. The van der Waals surface area contributed by atoms with E-state index in [0.717, 1.165) is 18.5 Å². The van der Waals surface area contributed by atoms with Crippen LogP contribution in [-0.2, 0) is 6.54 Å².